The van der Waals surface area contributed by atoms with E-state index in [9.17, 15) is 0 Å². The van der Waals surface area contributed by atoms with Crippen molar-refractivity contribution in [3.63, 3.8) is 0 Å². The maximum atomic E-state index is 6.44. The molecule has 10 rings (SSSR count). The van der Waals surface area contributed by atoms with Gasteiger partial charge in [0.15, 0.2) is 0 Å². The van der Waals surface area contributed by atoms with Crippen LogP contribution >= 0.6 is 0 Å². The topological polar surface area (TPSA) is 16.4 Å². The van der Waals surface area contributed by atoms with Crippen LogP contribution in [0.3, 0.4) is 0 Å². The quantitative estimate of drug-likeness (QED) is 0.189. The van der Waals surface area contributed by atoms with Gasteiger partial charge in [-0.3, -0.25) is 0 Å². The van der Waals surface area contributed by atoms with Gasteiger partial charge in [-0.15, -0.1) is 0 Å². The van der Waals surface area contributed by atoms with E-state index in [2.05, 4.69) is 181 Å². The fourth-order valence-electron chi connectivity index (χ4n) is 8.32. The first-order valence-corrected chi connectivity index (χ1v) is 16.9. The van der Waals surface area contributed by atoms with E-state index in [1.54, 1.807) is 0 Å². The Bertz CT molecular complexity index is 2620. The van der Waals surface area contributed by atoms with Crippen molar-refractivity contribution in [1.82, 2.24) is 0 Å². The molecule has 1 aliphatic rings. The Labute approximate surface area is 285 Å². The van der Waals surface area contributed by atoms with Gasteiger partial charge in [0.05, 0.1) is 11.1 Å². The minimum atomic E-state index is -0.516. The Morgan fingerprint density at radius 2 is 0.959 bits per heavy atom. The van der Waals surface area contributed by atoms with Crippen molar-refractivity contribution in [3.05, 3.63) is 210 Å². The lowest BCUT2D eigenvalue weighted by atomic mass is 9.67. The molecule has 0 aliphatic heterocycles. The molecular formula is C47H31NO. The molecule has 0 spiro atoms. The van der Waals surface area contributed by atoms with Crippen LogP contribution in [0.15, 0.2) is 192 Å². The fourth-order valence-corrected chi connectivity index (χ4v) is 8.32. The average Bonchev–Trinajstić information content (AvgIpc) is 3.70. The van der Waals surface area contributed by atoms with Gasteiger partial charge in [0, 0.05) is 33.6 Å². The summed E-state index contributed by atoms with van der Waals surface area (Å²) in [6.07, 6.45) is 0. The highest BCUT2D eigenvalue weighted by Crippen LogP contribution is 2.59. The van der Waals surface area contributed by atoms with Crippen molar-refractivity contribution in [2.24, 2.45) is 0 Å². The van der Waals surface area contributed by atoms with Crippen LogP contribution in [-0.4, -0.2) is 0 Å². The van der Waals surface area contributed by atoms with E-state index in [-0.39, 0.29) is 0 Å². The standard InChI is InChI=1S/C47H31NO/c1-4-16-32(17-5-1)47(33-18-6-2-7-19-33)41-26-14-12-25-40(41)46-39-24-11-10-22-36(39)43(31-42(46)47)48(34-20-8-3-9-21-34)35-28-29-38-37-23-13-15-27-44(37)49-45(38)30-35/h1-31H. The smallest absolute Gasteiger partial charge is 0.137 e. The number of anilines is 3. The summed E-state index contributed by atoms with van der Waals surface area (Å²) in [7, 11) is 0. The van der Waals surface area contributed by atoms with Crippen LogP contribution < -0.4 is 4.90 Å². The van der Waals surface area contributed by atoms with Crippen LogP contribution in [0.25, 0.3) is 43.8 Å². The van der Waals surface area contributed by atoms with Crippen molar-refractivity contribution >= 4 is 49.8 Å². The molecule has 49 heavy (non-hydrogen) atoms. The Morgan fingerprint density at radius 1 is 0.388 bits per heavy atom. The van der Waals surface area contributed by atoms with E-state index in [0.717, 1.165) is 39.0 Å². The number of nitrogens with zero attached hydrogens (tertiary/aromatic N) is 1. The third kappa shape index (κ3) is 4.01. The Balaban J connectivity index is 1.33. The molecule has 1 aliphatic carbocycles. The lowest BCUT2D eigenvalue weighted by Gasteiger charge is -2.35. The van der Waals surface area contributed by atoms with Gasteiger partial charge in [0.1, 0.15) is 11.2 Å². The van der Waals surface area contributed by atoms with Crippen LogP contribution in [0.1, 0.15) is 22.3 Å². The predicted molar refractivity (Wildman–Crippen MR) is 203 cm³/mol. The van der Waals surface area contributed by atoms with E-state index < -0.39 is 5.41 Å². The summed E-state index contributed by atoms with van der Waals surface area (Å²) in [6, 6.07) is 68.0. The fraction of sp³-hybridized carbons (Fsp3) is 0.0213. The number of rotatable bonds is 5. The number of furan rings is 1. The molecule has 0 fully saturated rings. The van der Waals surface area contributed by atoms with Crippen LogP contribution in [0.5, 0.6) is 0 Å². The second kappa shape index (κ2) is 10.8. The molecule has 0 saturated heterocycles. The Morgan fingerprint density at radius 3 is 1.69 bits per heavy atom. The first kappa shape index (κ1) is 27.7. The van der Waals surface area contributed by atoms with Crippen LogP contribution in [-0.2, 0) is 5.41 Å². The summed E-state index contributed by atoms with van der Waals surface area (Å²) in [4.78, 5) is 2.40. The van der Waals surface area contributed by atoms with Gasteiger partial charge < -0.3 is 9.32 Å². The van der Waals surface area contributed by atoms with Crippen LogP contribution in [0.2, 0.25) is 0 Å². The second-order valence-corrected chi connectivity index (χ2v) is 12.8. The zero-order valence-electron chi connectivity index (χ0n) is 26.8. The zero-order chi connectivity index (χ0) is 32.4. The molecule has 8 aromatic carbocycles. The van der Waals surface area contributed by atoms with Crippen molar-refractivity contribution in [2.45, 2.75) is 5.41 Å². The number of benzene rings is 8. The molecule has 2 heteroatoms. The molecule has 0 unspecified atom stereocenters. The van der Waals surface area contributed by atoms with Gasteiger partial charge >= 0.3 is 0 Å². The largest absolute Gasteiger partial charge is 0.456 e. The predicted octanol–water partition coefficient (Wildman–Crippen LogP) is 12.6. The minimum absolute atomic E-state index is 0.516. The summed E-state index contributed by atoms with van der Waals surface area (Å²) in [5.74, 6) is 0. The molecule has 230 valence electrons. The van der Waals surface area contributed by atoms with Gasteiger partial charge in [-0.05, 0) is 75.2 Å². The van der Waals surface area contributed by atoms with E-state index >= 15 is 0 Å². The van der Waals surface area contributed by atoms with Crippen molar-refractivity contribution in [2.75, 3.05) is 4.90 Å². The monoisotopic (exact) mass is 625 g/mol. The number of fused-ring (bicyclic) bond motifs is 8. The van der Waals surface area contributed by atoms with Crippen molar-refractivity contribution < 1.29 is 4.42 Å². The minimum Gasteiger partial charge on any atom is -0.456 e. The van der Waals surface area contributed by atoms with E-state index in [0.29, 0.717) is 0 Å². The molecule has 2 nitrogen and oxygen atoms in total. The Hall–Kier alpha value is -6.38. The van der Waals surface area contributed by atoms with Crippen molar-refractivity contribution in [3.8, 4) is 11.1 Å². The van der Waals surface area contributed by atoms with Gasteiger partial charge in [-0.2, -0.15) is 0 Å². The van der Waals surface area contributed by atoms with Crippen molar-refractivity contribution in [1.29, 1.82) is 0 Å². The third-order valence-corrected chi connectivity index (χ3v) is 10.3. The summed E-state index contributed by atoms with van der Waals surface area (Å²) >= 11 is 0. The molecule has 1 heterocycles. The number of para-hydroxylation sites is 2. The molecule has 9 aromatic rings. The van der Waals surface area contributed by atoms with Crippen LogP contribution in [0.4, 0.5) is 17.1 Å². The summed E-state index contributed by atoms with van der Waals surface area (Å²) in [5, 5.41) is 4.68. The van der Waals surface area contributed by atoms with Gasteiger partial charge in [0.2, 0.25) is 0 Å². The summed E-state index contributed by atoms with van der Waals surface area (Å²) in [6.45, 7) is 0. The van der Waals surface area contributed by atoms with E-state index in [4.69, 9.17) is 4.42 Å². The normalized spacial score (nSPS) is 13.1. The van der Waals surface area contributed by atoms with Crippen LogP contribution in [0, 0.1) is 0 Å². The van der Waals surface area contributed by atoms with Gasteiger partial charge in [-0.1, -0.05) is 146 Å². The number of hydrogen-bond acceptors (Lipinski definition) is 2. The molecule has 1 aromatic heterocycles. The highest BCUT2D eigenvalue weighted by molar-refractivity contribution is 6.12. The Kier molecular flexibility index (Phi) is 6.13. The van der Waals surface area contributed by atoms with E-state index in [1.807, 2.05) is 12.1 Å². The highest BCUT2D eigenvalue weighted by atomic mass is 16.3. The maximum absolute atomic E-state index is 6.44. The first-order chi connectivity index (χ1) is 24.3. The summed E-state index contributed by atoms with van der Waals surface area (Å²) in [5.41, 5.74) is 12.2. The van der Waals surface area contributed by atoms with E-state index in [1.165, 1.54) is 44.2 Å². The lowest BCUT2D eigenvalue weighted by Crippen LogP contribution is -2.28. The average molecular weight is 626 g/mol. The molecule has 0 atom stereocenters. The molecule has 0 amide bonds. The molecule has 0 N–H and O–H groups in total. The zero-order valence-corrected chi connectivity index (χ0v) is 26.8. The second-order valence-electron chi connectivity index (χ2n) is 12.8. The third-order valence-electron chi connectivity index (χ3n) is 10.3. The molecule has 0 radical (unpaired) electrons. The number of hydrogen-bond donors (Lipinski definition) is 0. The highest BCUT2D eigenvalue weighted by Gasteiger charge is 2.47. The SMILES string of the molecule is c1ccc(N(c2ccc3c(c2)oc2ccccc23)c2cc3c(c4ccccc24)-c2ccccc2C3(c2ccccc2)c2ccccc2)cc1. The summed E-state index contributed by atoms with van der Waals surface area (Å²) < 4.78 is 6.44. The van der Waals surface area contributed by atoms with Gasteiger partial charge in [0.25, 0.3) is 0 Å². The molecule has 0 bridgehead atoms. The lowest BCUT2D eigenvalue weighted by molar-refractivity contribution is 0.669. The molecule has 0 saturated carbocycles. The first-order valence-electron chi connectivity index (χ1n) is 16.9. The maximum Gasteiger partial charge on any atom is 0.137 e. The van der Waals surface area contributed by atoms with Gasteiger partial charge in [-0.25, -0.2) is 0 Å². The molecular weight excluding hydrogens is 595 g/mol.